The minimum absolute atomic E-state index is 0.140. The van der Waals surface area contributed by atoms with Crippen molar-refractivity contribution in [2.75, 3.05) is 11.9 Å². The smallest absolute Gasteiger partial charge is 0.336 e. The lowest BCUT2D eigenvalue weighted by atomic mass is 9.82. The van der Waals surface area contributed by atoms with Crippen molar-refractivity contribution in [2.45, 2.75) is 26.7 Å². The highest BCUT2D eigenvalue weighted by atomic mass is 19.1. The van der Waals surface area contributed by atoms with Crippen molar-refractivity contribution < 1.29 is 13.9 Å². The molecule has 1 atom stereocenters. The summed E-state index contributed by atoms with van der Waals surface area (Å²) in [6, 6.07) is 5.61. The van der Waals surface area contributed by atoms with Crippen LogP contribution in [0.1, 0.15) is 37.8 Å². The minimum atomic E-state index is -0.794. The molecule has 0 radical (unpaired) electrons. The molecule has 0 saturated heterocycles. The summed E-state index contributed by atoms with van der Waals surface area (Å²) < 4.78 is 21.3. The number of carbonyl (C=O) groups excluding carboxylic acids is 1. The molecule has 1 aromatic heterocycles. The lowest BCUT2D eigenvalue weighted by molar-refractivity contribution is -0.140. The maximum Gasteiger partial charge on any atom is 0.336 e. The number of halogens is 1. The van der Waals surface area contributed by atoms with Crippen LogP contribution in [0.3, 0.4) is 0 Å². The summed E-state index contributed by atoms with van der Waals surface area (Å²) in [6.45, 7) is 5.76. The van der Waals surface area contributed by atoms with Gasteiger partial charge in [-0.2, -0.15) is 0 Å². The first-order valence-corrected chi connectivity index (χ1v) is 9.33. The lowest BCUT2D eigenvalue weighted by Crippen LogP contribution is -2.43. The van der Waals surface area contributed by atoms with Crippen LogP contribution < -0.4 is 16.6 Å². The van der Waals surface area contributed by atoms with Gasteiger partial charge in [0.1, 0.15) is 11.6 Å². The Bertz CT molecular complexity index is 1110. The average Bonchev–Trinajstić information content (AvgIpc) is 2.68. The van der Waals surface area contributed by atoms with Crippen molar-refractivity contribution in [2.24, 2.45) is 20.0 Å². The van der Waals surface area contributed by atoms with E-state index in [2.05, 4.69) is 5.32 Å². The van der Waals surface area contributed by atoms with Crippen LogP contribution in [-0.2, 0) is 23.6 Å². The standard InChI is InChI=1S/C21H24FN3O4/c1-11(2)10-29-20(27)15-12(3)23-18-17(19(26)25(5)21(28)24(18)4)16(15)13-6-8-14(22)9-7-13/h6-9,11,16,23H,10H2,1-5H3/t16-/m0/s1. The predicted molar refractivity (Wildman–Crippen MR) is 107 cm³/mol. The van der Waals surface area contributed by atoms with E-state index in [4.69, 9.17) is 4.74 Å². The molecule has 0 unspecified atom stereocenters. The number of ether oxygens (including phenoxy) is 1. The summed E-state index contributed by atoms with van der Waals surface area (Å²) in [7, 11) is 2.93. The van der Waals surface area contributed by atoms with Gasteiger partial charge < -0.3 is 10.1 Å². The molecule has 8 heteroatoms. The fourth-order valence-electron chi connectivity index (χ4n) is 3.47. The third-order valence-corrected chi connectivity index (χ3v) is 4.96. The Morgan fingerprint density at radius 2 is 1.79 bits per heavy atom. The lowest BCUT2D eigenvalue weighted by Gasteiger charge is -2.31. The van der Waals surface area contributed by atoms with E-state index < -0.39 is 29.0 Å². The Kier molecular flexibility index (Phi) is 5.46. The zero-order valence-electron chi connectivity index (χ0n) is 17.1. The molecule has 0 fully saturated rings. The Labute approximate surface area is 167 Å². The first-order valence-electron chi connectivity index (χ1n) is 9.33. The zero-order chi connectivity index (χ0) is 21.5. The van der Waals surface area contributed by atoms with Gasteiger partial charge >= 0.3 is 11.7 Å². The van der Waals surface area contributed by atoms with Gasteiger partial charge in [-0.1, -0.05) is 26.0 Å². The summed E-state index contributed by atoms with van der Waals surface area (Å²) >= 11 is 0. The van der Waals surface area contributed by atoms with Gasteiger partial charge in [-0.05, 0) is 30.5 Å². The SMILES string of the molecule is CC1=C(C(=O)OCC(C)C)[C@H](c2ccc(F)cc2)c2c(n(C)c(=O)n(C)c2=O)N1. The number of carbonyl (C=O) groups is 1. The summed E-state index contributed by atoms with van der Waals surface area (Å²) in [5, 5.41) is 3.02. The molecule has 1 aromatic carbocycles. The second kappa shape index (κ2) is 7.69. The van der Waals surface area contributed by atoms with Gasteiger partial charge in [-0.3, -0.25) is 13.9 Å². The molecule has 154 valence electrons. The van der Waals surface area contributed by atoms with E-state index in [0.717, 1.165) is 4.57 Å². The highest BCUT2D eigenvalue weighted by molar-refractivity contribution is 5.94. The van der Waals surface area contributed by atoms with Crippen molar-refractivity contribution in [1.82, 2.24) is 9.13 Å². The van der Waals surface area contributed by atoms with E-state index in [1.807, 2.05) is 13.8 Å². The number of rotatable bonds is 4. The van der Waals surface area contributed by atoms with Crippen molar-refractivity contribution in [3.05, 3.63) is 73.3 Å². The Balaban J connectivity index is 2.28. The topological polar surface area (TPSA) is 82.3 Å². The highest BCUT2D eigenvalue weighted by Crippen LogP contribution is 2.39. The molecule has 2 aromatic rings. The predicted octanol–water partition coefficient (Wildman–Crippen LogP) is 2.25. The average molecular weight is 401 g/mol. The summed E-state index contributed by atoms with van der Waals surface area (Å²) in [6.07, 6.45) is 0. The minimum Gasteiger partial charge on any atom is -0.462 e. The first-order chi connectivity index (χ1) is 13.6. The fourth-order valence-corrected chi connectivity index (χ4v) is 3.47. The van der Waals surface area contributed by atoms with Gasteiger partial charge in [0, 0.05) is 19.8 Å². The van der Waals surface area contributed by atoms with E-state index >= 15 is 0 Å². The van der Waals surface area contributed by atoms with Crippen LogP contribution in [0.25, 0.3) is 0 Å². The van der Waals surface area contributed by atoms with Crippen LogP contribution in [0.4, 0.5) is 10.2 Å². The highest BCUT2D eigenvalue weighted by Gasteiger charge is 2.37. The fraction of sp³-hybridized carbons (Fsp3) is 0.381. The number of esters is 1. The van der Waals surface area contributed by atoms with Gasteiger partial charge in [0.05, 0.1) is 23.7 Å². The van der Waals surface area contributed by atoms with Gasteiger partial charge in [0.15, 0.2) is 0 Å². The van der Waals surface area contributed by atoms with Crippen LogP contribution in [0.15, 0.2) is 45.1 Å². The van der Waals surface area contributed by atoms with E-state index in [9.17, 15) is 18.8 Å². The van der Waals surface area contributed by atoms with Gasteiger partial charge in [0.2, 0.25) is 0 Å². The molecule has 0 aliphatic carbocycles. The number of nitrogens with one attached hydrogen (secondary N) is 1. The number of benzene rings is 1. The number of hydrogen-bond donors (Lipinski definition) is 1. The quantitative estimate of drug-likeness (QED) is 0.795. The van der Waals surface area contributed by atoms with Crippen LogP contribution in [0.5, 0.6) is 0 Å². The molecule has 7 nitrogen and oxygen atoms in total. The second-order valence-electron chi connectivity index (χ2n) is 7.61. The number of anilines is 1. The van der Waals surface area contributed by atoms with Crippen LogP contribution in [-0.4, -0.2) is 21.7 Å². The molecule has 1 aliphatic heterocycles. The summed E-state index contributed by atoms with van der Waals surface area (Å²) in [4.78, 5) is 38.4. The van der Waals surface area contributed by atoms with Gasteiger partial charge in [-0.15, -0.1) is 0 Å². The van der Waals surface area contributed by atoms with Gasteiger partial charge in [-0.25, -0.2) is 14.0 Å². The van der Waals surface area contributed by atoms with Crippen molar-refractivity contribution >= 4 is 11.8 Å². The number of nitrogens with zero attached hydrogens (tertiary/aromatic N) is 2. The first kappa shape index (κ1) is 20.6. The Morgan fingerprint density at radius 3 is 2.38 bits per heavy atom. The maximum absolute atomic E-state index is 13.5. The van der Waals surface area contributed by atoms with Crippen LogP contribution >= 0.6 is 0 Å². The van der Waals surface area contributed by atoms with E-state index in [0.29, 0.717) is 17.1 Å². The molecular formula is C21H24FN3O4. The monoisotopic (exact) mass is 401 g/mol. The molecule has 29 heavy (non-hydrogen) atoms. The van der Waals surface area contributed by atoms with E-state index in [1.165, 1.54) is 35.9 Å². The second-order valence-corrected chi connectivity index (χ2v) is 7.61. The molecule has 0 spiro atoms. The van der Waals surface area contributed by atoms with Crippen molar-refractivity contribution in [3.8, 4) is 0 Å². The molecule has 0 amide bonds. The maximum atomic E-state index is 13.5. The molecular weight excluding hydrogens is 377 g/mol. The number of allylic oxidation sites excluding steroid dienone is 1. The molecule has 1 N–H and O–H groups in total. The normalized spacial score (nSPS) is 15.9. The molecule has 2 heterocycles. The van der Waals surface area contributed by atoms with E-state index in [-0.39, 0.29) is 23.7 Å². The van der Waals surface area contributed by atoms with Crippen LogP contribution in [0, 0.1) is 11.7 Å². The summed E-state index contributed by atoms with van der Waals surface area (Å²) in [5.74, 6) is -1.33. The largest absolute Gasteiger partial charge is 0.462 e. The third-order valence-electron chi connectivity index (χ3n) is 4.96. The molecule has 3 rings (SSSR count). The number of hydrogen-bond acceptors (Lipinski definition) is 5. The van der Waals surface area contributed by atoms with Gasteiger partial charge in [0.25, 0.3) is 5.56 Å². The molecule has 0 saturated carbocycles. The third kappa shape index (κ3) is 3.62. The Morgan fingerprint density at radius 1 is 1.17 bits per heavy atom. The summed E-state index contributed by atoms with van der Waals surface area (Å²) in [5.41, 5.74) is 0.526. The van der Waals surface area contributed by atoms with Crippen LogP contribution in [0.2, 0.25) is 0 Å². The number of aromatic nitrogens is 2. The molecule has 0 bridgehead atoms. The molecule has 1 aliphatic rings. The van der Waals surface area contributed by atoms with Crippen molar-refractivity contribution in [1.29, 1.82) is 0 Å². The number of fused-ring (bicyclic) bond motifs is 1. The zero-order valence-corrected chi connectivity index (χ0v) is 17.1. The Hall–Kier alpha value is -3.16. The van der Waals surface area contributed by atoms with Crippen molar-refractivity contribution in [3.63, 3.8) is 0 Å². The van der Waals surface area contributed by atoms with E-state index in [1.54, 1.807) is 14.0 Å².